The highest BCUT2D eigenvalue weighted by Gasteiger charge is 2.49. The van der Waals surface area contributed by atoms with Gasteiger partial charge < -0.3 is 26.2 Å². The Balaban J connectivity index is 1.60. The maximum absolute atomic E-state index is 14.7. The first kappa shape index (κ1) is 39.9. The maximum Gasteiger partial charge on any atom is 0.289 e. The molecule has 1 saturated heterocycles. The van der Waals surface area contributed by atoms with E-state index in [0.717, 1.165) is 57.8 Å². The average molecular weight is 710 g/mol. The molecule has 282 valence electrons. The number of ketones is 1. The van der Waals surface area contributed by atoms with Gasteiger partial charge in [0.1, 0.15) is 23.8 Å². The predicted molar refractivity (Wildman–Crippen MR) is 192 cm³/mol. The smallest absolute Gasteiger partial charge is 0.289 e. The molecule has 0 bridgehead atoms. The zero-order valence-electron chi connectivity index (χ0n) is 31.3. The standard InChI is InChI=1S/C38H59N7O6/c1-7-13-27(31(46)36(50)41-25-16-17-25)42-35(49)30-26(23(8-2)9-3)18-21-45(30)37(51)32(38(4,5)6)44-34(48)29(24-14-11-10-12-15-24)43-33(47)28-22-39-19-20-40-28/h19-20,22-27,29-30,32H,7-18,21H2,1-6H3,(H,41,50)(H,42,49)(H,43,47)(H,44,48)/t26-,27+,29-,30+,32+/m1/s1. The fraction of sp³-hybridized carbons (Fsp3) is 0.737. The van der Waals surface area contributed by atoms with Crippen molar-refractivity contribution < 1.29 is 28.8 Å². The summed E-state index contributed by atoms with van der Waals surface area (Å²) in [6.45, 7) is 11.9. The summed E-state index contributed by atoms with van der Waals surface area (Å²) >= 11 is 0. The lowest BCUT2D eigenvalue weighted by Gasteiger charge is -2.38. The van der Waals surface area contributed by atoms with Crippen LogP contribution in [0.1, 0.15) is 129 Å². The first-order chi connectivity index (χ1) is 24.3. The van der Waals surface area contributed by atoms with Crippen molar-refractivity contribution in [2.75, 3.05) is 6.54 Å². The number of carbonyl (C=O) groups is 6. The van der Waals surface area contributed by atoms with Gasteiger partial charge in [0.2, 0.25) is 23.5 Å². The van der Waals surface area contributed by atoms with Gasteiger partial charge in [-0.05, 0) is 61.7 Å². The van der Waals surface area contributed by atoms with Gasteiger partial charge in [-0.1, -0.05) is 80.1 Å². The van der Waals surface area contributed by atoms with Gasteiger partial charge in [0.25, 0.3) is 11.8 Å². The molecule has 5 atom stereocenters. The number of rotatable bonds is 16. The van der Waals surface area contributed by atoms with E-state index in [2.05, 4.69) is 45.1 Å². The molecule has 13 nitrogen and oxygen atoms in total. The average Bonchev–Trinajstić information content (AvgIpc) is 3.83. The van der Waals surface area contributed by atoms with Crippen LogP contribution in [0.15, 0.2) is 18.6 Å². The van der Waals surface area contributed by atoms with Gasteiger partial charge in [0, 0.05) is 25.0 Å². The molecule has 4 rings (SSSR count). The summed E-state index contributed by atoms with van der Waals surface area (Å²) in [7, 11) is 0. The first-order valence-corrected chi connectivity index (χ1v) is 19.1. The molecule has 51 heavy (non-hydrogen) atoms. The molecule has 2 heterocycles. The molecular weight excluding hydrogens is 650 g/mol. The van der Waals surface area contributed by atoms with Crippen molar-refractivity contribution >= 4 is 35.3 Å². The number of likely N-dealkylation sites (tertiary alicyclic amines) is 1. The highest BCUT2D eigenvalue weighted by atomic mass is 16.2. The Morgan fingerprint density at radius 1 is 0.882 bits per heavy atom. The van der Waals surface area contributed by atoms with Crippen LogP contribution >= 0.6 is 0 Å². The molecule has 1 aliphatic heterocycles. The van der Waals surface area contributed by atoms with Gasteiger partial charge in [-0.2, -0.15) is 0 Å². The molecule has 1 aromatic rings. The number of nitrogens with one attached hydrogen (secondary N) is 4. The lowest BCUT2D eigenvalue weighted by Crippen LogP contribution is -2.62. The van der Waals surface area contributed by atoms with Gasteiger partial charge in [-0.25, -0.2) is 4.98 Å². The fourth-order valence-electron chi connectivity index (χ4n) is 7.79. The van der Waals surface area contributed by atoms with Crippen LogP contribution in [0.3, 0.4) is 0 Å². The Hall–Kier alpha value is -3.90. The number of hydrogen-bond acceptors (Lipinski definition) is 8. The molecule has 4 N–H and O–H groups in total. The van der Waals surface area contributed by atoms with Crippen molar-refractivity contribution in [2.24, 2.45) is 23.2 Å². The number of Topliss-reactive ketones (excluding diaryl/α,β-unsaturated/α-hetero) is 1. The third-order valence-electron chi connectivity index (χ3n) is 10.9. The van der Waals surface area contributed by atoms with Crippen molar-refractivity contribution in [3.63, 3.8) is 0 Å². The van der Waals surface area contributed by atoms with E-state index >= 15 is 0 Å². The first-order valence-electron chi connectivity index (χ1n) is 19.1. The van der Waals surface area contributed by atoms with Gasteiger partial charge in [-0.15, -0.1) is 0 Å². The lowest BCUT2D eigenvalue weighted by molar-refractivity contribution is -0.146. The molecule has 3 aliphatic rings. The normalized spacial score (nSPS) is 21.4. The van der Waals surface area contributed by atoms with Crippen LogP contribution in [0.25, 0.3) is 0 Å². The van der Waals surface area contributed by atoms with Crippen LogP contribution in [0, 0.1) is 23.2 Å². The van der Waals surface area contributed by atoms with Crippen molar-refractivity contribution in [3.05, 3.63) is 24.3 Å². The largest absolute Gasteiger partial charge is 0.347 e. The number of hydrogen-bond donors (Lipinski definition) is 4. The second-order valence-electron chi connectivity index (χ2n) is 15.7. The number of amides is 5. The van der Waals surface area contributed by atoms with Gasteiger partial charge in [-0.3, -0.25) is 33.8 Å². The minimum atomic E-state index is -1.02. The molecule has 1 aromatic heterocycles. The highest BCUT2D eigenvalue weighted by molar-refractivity contribution is 6.38. The van der Waals surface area contributed by atoms with Crippen LogP contribution in [-0.4, -0.2) is 86.9 Å². The van der Waals surface area contributed by atoms with Gasteiger partial charge >= 0.3 is 0 Å². The van der Waals surface area contributed by atoms with E-state index in [4.69, 9.17) is 0 Å². The summed E-state index contributed by atoms with van der Waals surface area (Å²) < 4.78 is 0. The third-order valence-corrected chi connectivity index (χ3v) is 10.9. The number of carbonyl (C=O) groups excluding carboxylic acids is 6. The Morgan fingerprint density at radius 3 is 2.14 bits per heavy atom. The Bertz CT molecular complexity index is 1380. The minimum absolute atomic E-state index is 0.00390. The Labute approximate surface area is 302 Å². The van der Waals surface area contributed by atoms with E-state index in [-0.39, 0.29) is 29.5 Å². The molecule has 2 aliphatic carbocycles. The topological polar surface area (TPSA) is 180 Å². The summed E-state index contributed by atoms with van der Waals surface area (Å²) in [6.07, 6.45) is 13.4. The second-order valence-corrected chi connectivity index (χ2v) is 15.7. The second kappa shape index (κ2) is 18.0. The Kier molecular flexibility index (Phi) is 14.1. The van der Waals surface area contributed by atoms with E-state index in [9.17, 15) is 28.8 Å². The van der Waals surface area contributed by atoms with Gasteiger partial charge in [0.05, 0.1) is 12.2 Å². The molecule has 2 saturated carbocycles. The molecule has 0 radical (unpaired) electrons. The molecule has 13 heteroatoms. The zero-order chi connectivity index (χ0) is 37.3. The van der Waals surface area contributed by atoms with Crippen LogP contribution in [0.2, 0.25) is 0 Å². The maximum atomic E-state index is 14.7. The SMILES string of the molecule is CCC[C@H](NC(=O)[C@@H]1[C@@H](C(CC)CC)CCN1C(=O)[C@H](NC(=O)[C@H](NC(=O)c1cnccn1)C1CCCCC1)C(C)(C)C)C(=O)C(=O)NC1CC1. The van der Waals surface area contributed by atoms with Crippen LogP contribution < -0.4 is 21.3 Å². The van der Waals surface area contributed by atoms with E-state index in [1.807, 2.05) is 27.7 Å². The zero-order valence-corrected chi connectivity index (χ0v) is 31.3. The van der Waals surface area contributed by atoms with Crippen molar-refractivity contribution in [2.45, 2.75) is 149 Å². The molecule has 3 fully saturated rings. The van der Waals surface area contributed by atoms with E-state index in [1.165, 1.54) is 18.6 Å². The number of aromatic nitrogens is 2. The molecule has 0 spiro atoms. The monoisotopic (exact) mass is 709 g/mol. The van der Waals surface area contributed by atoms with E-state index in [0.29, 0.717) is 25.8 Å². The quantitative estimate of drug-likeness (QED) is 0.189. The molecule has 0 aromatic carbocycles. The molecule has 5 amide bonds. The van der Waals surface area contributed by atoms with Crippen molar-refractivity contribution in [1.82, 2.24) is 36.1 Å². The van der Waals surface area contributed by atoms with E-state index < -0.39 is 64.9 Å². The summed E-state index contributed by atoms with van der Waals surface area (Å²) in [5.41, 5.74) is -0.660. The third kappa shape index (κ3) is 10.3. The Morgan fingerprint density at radius 2 is 1.57 bits per heavy atom. The van der Waals surface area contributed by atoms with Crippen LogP contribution in [0.5, 0.6) is 0 Å². The van der Waals surface area contributed by atoms with E-state index in [1.54, 1.807) is 4.90 Å². The van der Waals surface area contributed by atoms with Crippen molar-refractivity contribution in [1.29, 1.82) is 0 Å². The predicted octanol–water partition coefficient (Wildman–Crippen LogP) is 3.47. The lowest BCUT2D eigenvalue weighted by atomic mass is 9.81. The summed E-state index contributed by atoms with van der Waals surface area (Å²) in [5.74, 6) is -3.34. The fourth-order valence-corrected chi connectivity index (χ4v) is 7.79. The van der Waals surface area contributed by atoms with Gasteiger partial charge in [0.15, 0.2) is 0 Å². The molecule has 0 unspecified atom stereocenters. The van der Waals surface area contributed by atoms with Crippen molar-refractivity contribution in [3.8, 4) is 0 Å². The minimum Gasteiger partial charge on any atom is -0.347 e. The van der Waals surface area contributed by atoms with Crippen LogP contribution in [0.4, 0.5) is 0 Å². The summed E-state index contributed by atoms with van der Waals surface area (Å²) in [6, 6.07) is -3.79. The number of nitrogens with zero attached hydrogens (tertiary/aromatic N) is 3. The summed E-state index contributed by atoms with van der Waals surface area (Å²) in [4.78, 5) is 92.0. The molecular formula is C38H59N7O6. The van der Waals surface area contributed by atoms with Crippen LogP contribution in [-0.2, 0) is 24.0 Å². The summed E-state index contributed by atoms with van der Waals surface area (Å²) in [5, 5.41) is 11.5. The highest BCUT2D eigenvalue weighted by Crippen LogP contribution is 2.37.